The highest BCUT2D eigenvalue weighted by molar-refractivity contribution is 5.95. The molecule has 4 nitrogen and oxygen atoms in total. The topological polar surface area (TPSA) is 66.8 Å². The molecule has 106 valence electrons. The summed E-state index contributed by atoms with van der Waals surface area (Å²) >= 11 is 0. The second kappa shape index (κ2) is 7.02. The lowest BCUT2D eigenvalue weighted by Crippen LogP contribution is -2.09. The van der Waals surface area contributed by atoms with E-state index >= 15 is 0 Å². The maximum absolute atomic E-state index is 11.8. The van der Waals surface area contributed by atoms with Gasteiger partial charge in [0.25, 0.3) is 0 Å². The Bertz CT molecular complexity index is 452. The lowest BCUT2D eigenvalue weighted by molar-refractivity contribution is 0.0521. The molecule has 0 spiro atoms. The number of esters is 1. The predicted octanol–water partition coefficient (Wildman–Crippen LogP) is 3.32. The summed E-state index contributed by atoms with van der Waals surface area (Å²) in [4.78, 5) is 11.8. The van der Waals surface area contributed by atoms with Crippen LogP contribution in [0.4, 0.5) is 0 Å². The normalized spacial score (nSPS) is 10.5. The summed E-state index contributed by atoms with van der Waals surface area (Å²) in [5, 5.41) is 19.5. The van der Waals surface area contributed by atoms with Gasteiger partial charge < -0.3 is 14.9 Å². The number of rotatable bonds is 6. The largest absolute Gasteiger partial charge is 0.504 e. The van der Waals surface area contributed by atoms with Crippen LogP contribution >= 0.6 is 0 Å². The second-order valence-corrected chi connectivity index (χ2v) is 4.58. The summed E-state index contributed by atoms with van der Waals surface area (Å²) in [7, 11) is 0. The standard InChI is InChI=1S/C15H22O4/c1-4-6-7-8-11-9-12(16)14(17)13(10(11)3)15(18)19-5-2/h9,16-17H,4-8H2,1-3H3. The quantitative estimate of drug-likeness (QED) is 0.471. The molecule has 2 N–H and O–H groups in total. The fourth-order valence-corrected chi connectivity index (χ4v) is 2.09. The van der Waals surface area contributed by atoms with Gasteiger partial charge in [-0.25, -0.2) is 4.79 Å². The summed E-state index contributed by atoms with van der Waals surface area (Å²) in [5.41, 5.74) is 1.64. The summed E-state index contributed by atoms with van der Waals surface area (Å²) in [6.45, 7) is 5.83. The average Bonchev–Trinajstić information content (AvgIpc) is 2.36. The molecule has 0 atom stereocenters. The first-order valence-electron chi connectivity index (χ1n) is 6.74. The van der Waals surface area contributed by atoms with Crippen molar-refractivity contribution in [2.75, 3.05) is 6.61 Å². The van der Waals surface area contributed by atoms with Crippen LogP contribution in [0.15, 0.2) is 6.07 Å². The van der Waals surface area contributed by atoms with Gasteiger partial charge in [-0.1, -0.05) is 19.8 Å². The number of unbranched alkanes of at least 4 members (excludes halogenated alkanes) is 2. The molecule has 0 aliphatic rings. The molecule has 1 aromatic carbocycles. The maximum atomic E-state index is 11.8. The van der Waals surface area contributed by atoms with Gasteiger partial charge in [0.2, 0.25) is 0 Å². The number of aryl methyl sites for hydroxylation is 1. The third-order valence-corrected chi connectivity index (χ3v) is 3.18. The van der Waals surface area contributed by atoms with E-state index in [2.05, 4.69) is 6.92 Å². The van der Waals surface area contributed by atoms with Crippen LogP contribution in [0.5, 0.6) is 11.5 Å². The summed E-state index contributed by atoms with van der Waals surface area (Å²) in [6.07, 6.45) is 3.97. The van der Waals surface area contributed by atoms with Gasteiger partial charge in [0, 0.05) is 0 Å². The highest BCUT2D eigenvalue weighted by atomic mass is 16.5. The van der Waals surface area contributed by atoms with E-state index in [4.69, 9.17) is 4.74 Å². The first-order valence-corrected chi connectivity index (χ1v) is 6.74. The van der Waals surface area contributed by atoms with E-state index in [0.29, 0.717) is 5.56 Å². The van der Waals surface area contributed by atoms with Crippen molar-refractivity contribution in [1.82, 2.24) is 0 Å². The minimum Gasteiger partial charge on any atom is -0.504 e. The van der Waals surface area contributed by atoms with E-state index in [0.717, 1.165) is 31.2 Å². The Morgan fingerprint density at radius 1 is 1.26 bits per heavy atom. The highest BCUT2D eigenvalue weighted by Crippen LogP contribution is 2.35. The molecule has 19 heavy (non-hydrogen) atoms. The molecule has 0 amide bonds. The molecule has 0 aliphatic carbocycles. The SMILES string of the molecule is CCCCCc1cc(O)c(O)c(C(=O)OCC)c1C. The molecule has 0 radical (unpaired) electrons. The molecular weight excluding hydrogens is 244 g/mol. The van der Waals surface area contributed by atoms with Crippen LogP contribution in [0.2, 0.25) is 0 Å². The first kappa shape index (κ1) is 15.3. The third kappa shape index (κ3) is 3.63. The Kier molecular flexibility index (Phi) is 5.67. The molecule has 0 saturated heterocycles. The number of phenols is 2. The molecule has 0 aliphatic heterocycles. The number of benzene rings is 1. The van der Waals surface area contributed by atoms with Crippen LogP contribution in [0.3, 0.4) is 0 Å². The zero-order chi connectivity index (χ0) is 14.4. The van der Waals surface area contributed by atoms with Crippen LogP contribution in [-0.4, -0.2) is 22.8 Å². The Balaban J connectivity index is 3.11. The molecule has 4 heteroatoms. The second-order valence-electron chi connectivity index (χ2n) is 4.58. The zero-order valence-corrected chi connectivity index (χ0v) is 11.8. The highest BCUT2D eigenvalue weighted by Gasteiger charge is 2.21. The fourth-order valence-electron chi connectivity index (χ4n) is 2.09. The number of hydrogen-bond acceptors (Lipinski definition) is 4. The molecule has 0 unspecified atom stereocenters. The lowest BCUT2D eigenvalue weighted by atomic mass is 9.96. The van der Waals surface area contributed by atoms with Gasteiger partial charge in [0.05, 0.1) is 6.61 Å². The Morgan fingerprint density at radius 2 is 1.95 bits per heavy atom. The van der Waals surface area contributed by atoms with E-state index < -0.39 is 11.7 Å². The van der Waals surface area contributed by atoms with Crippen LogP contribution in [0.1, 0.15) is 54.6 Å². The van der Waals surface area contributed by atoms with Gasteiger partial charge in [-0.3, -0.25) is 0 Å². The van der Waals surface area contributed by atoms with Crippen molar-refractivity contribution >= 4 is 5.97 Å². The molecule has 0 aromatic heterocycles. The average molecular weight is 266 g/mol. The number of carbonyl (C=O) groups excluding carboxylic acids is 1. The zero-order valence-electron chi connectivity index (χ0n) is 11.8. The monoisotopic (exact) mass is 266 g/mol. The van der Waals surface area contributed by atoms with Gasteiger partial charge in [-0.2, -0.15) is 0 Å². The number of ether oxygens (including phenoxy) is 1. The molecule has 1 rings (SSSR count). The van der Waals surface area contributed by atoms with E-state index in [1.165, 1.54) is 6.07 Å². The number of carbonyl (C=O) groups is 1. The van der Waals surface area contributed by atoms with Crippen molar-refractivity contribution < 1.29 is 19.7 Å². The summed E-state index contributed by atoms with van der Waals surface area (Å²) in [6, 6.07) is 1.53. The predicted molar refractivity (Wildman–Crippen MR) is 73.7 cm³/mol. The number of aromatic hydroxyl groups is 2. The fraction of sp³-hybridized carbons (Fsp3) is 0.533. The van der Waals surface area contributed by atoms with Gasteiger partial charge in [-0.05, 0) is 43.9 Å². The molecule has 0 heterocycles. The molecule has 0 fully saturated rings. The van der Waals surface area contributed by atoms with Crippen molar-refractivity contribution in [2.24, 2.45) is 0 Å². The lowest BCUT2D eigenvalue weighted by Gasteiger charge is -2.13. The van der Waals surface area contributed by atoms with E-state index in [9.17, 15) is 15.0 Å². The van der Waals surface area contributed by atoms with Crippen molar-refractivity contribution in [1.29, 1.82) is 0 Å². The maximum Gasteiger partial charge on any atom is 0.342 e. The smallest absolute Gasteiger partial charge is 0.342 e. The van der Waals surface area contributed by atoms with Gasteiger partial charge in [0.15, 0.2) is 11.5 Å². The minimum atomic E-state index is -0.592. The van der Waals surface area contributed by atoms with Crippen molar-refractivity contribution in [3.05, 3.63) is 22.8 Å². The van der Waals surface area contributed by atoms with Crippen LogP contribution < -0.4 is 0 Å². The van der Waals surface area contributed by atoms with Gasteiger partial charge >= 0.3 is 5.97 Å². The van der Waals surface area contributed by atoms with E-state index in [1.807, 2.05) is 0 Å². The van der Waals surface area contributed by atoms with Crippen LogP contribution in [0.25, 0.3) is 0 Å². The van der Waals surface area contributed by atoms with Gasteiger partial charge in [-0.15, -0.1) is 0 Å². The third-order valence-electron chi connectivity index (χ3n) is 3.18. The molecule has 0 saturated carbocycles. The van der Waals surface area contributed by atoms with E-state index in [-0.39, 0.29) is 17.9 Å². The Hall–Kier alpha value is -1.71. The Labute approximate surface area is 114 Å². The van der Waals surface area contributed by atoms with Crippen molar-refractivity contribution in [3.63, 3.8) is 0 Å². The molecular formula is C15H22O4. The van der Waals surface area contributed by atoms with Gasteiger partial charge in [0.1, 0.15) is 5.56 Å². The van der Waals surface area contributed by atoms with Crippen LogP contribution in [-0.2, 0) is 11.2 Å². The van der Waals surface area contributed by atoms with E-state index in [1.54, 1.807) is 13.8 Å². The first-order chi connectivity index (χ1) is 9.02. The summed E-state index contributed by atoms with van der Waals surface area (Å²) in [5.74, 6) is -1.25. The summed E-state index contributed by atoms with van der Waals surface area (Å²) < 4.78 is 4.92. The van der Waals surface area contributed by atoms with Crippen molar-refractivity contribution in [3.8, 4) is 11.5 Å². The van der Waals surface area contributed by atoms with Crippen LogP contribution in [0, 0.1) is 6.92 Å². The number of phenolic OH excluding ortho intramolecular Hbond substituents is 2. The number of hydrogen-bond donors (Lipinski definition) is 2. The minimum absolute atomic E-state index is 0.0772. The Morgan fingerprint density at radius 3 is 2.53 bits per heavy atom. The molecule has 1 aromatic rings. The molecule has 0 bridgehead atoms. The van der Waals surface area contributed by atoms with Crippen molar-refractivity contribution in [2.45, 2.75) is 46.5 Å².